The number of benzene rings is 2. The maximum absolute atomic E-state index is 14.5. The van der Waals surface area contributed by atoms with E-state index in [1.165, 1.54) is 12.1 Å². The number of hydrogen-bond donors (Lipinski definition) is 2. The van der Waals surface area contributed by atoms with Gasteiger partial charge in [0, 0.05) is 17.7 Å². The molecule has 0 radical (unpaired) electrons. The molecular weight excluding hydrogens is 569 g/mol. The van der Waals surface area contributed by atoms with E-state index in [1.54, 1.807) is 24.3 Å². The summed E-state index contributed by atoms with van der Waals surface area (Å²) >= 11 is 0. The first-order chi connectivity index (χ1) is 20.7. The molecule has 1 fully saturated rings. The van der Waals surface area contributed by atoms with E-state index < -0.39 is 11.6 Å². The zero-order valence-electron chi connectivity index (χ0n) is 27.1. The van der Waals surface area contributed by atoms with Crippen LogP contribution in [0.1, 0.15) is 128 Å². The normalized spacial score (nSPS) is 20.9. The third-order valence-electron chi connectivity index (χ3n) is 9.77. The summed E-state index contributed by atoms with van der Waals surface area (Å²) < 4.78 is 13.8. The molecule has 1 aliphatic carbocycles. The molecule has 0 bridgehead atoms. The molecule has 2 N–H and O–H groups in total. The molecule has 2 aromatic carbocycles. The molecule has 0 unspecified atom stereocenters. The van der Waals surface area contributed by atoms with Crippen molar-refractivity contribution >= 4 is 23.5 Å². The summed E-state index contributed by atoms with van der Waals surface area (Å²) in [7, 11) is 0. The number of amides is 2. The molecule has 1 saturated carbocycles. The minimum atomic E-state index is -0.971. The quantitative estimate of drug-likeness (QED) is 0.264. The van der Waals surface area contributed by atoms with Crippen molar-refractivity contribution < 1.29 is 23.9 Å². The van der Waals surface area contributed by atoms with Gasteiger partial charge in [0.2, 0.25) is 0 Å². The van der Waals surface area contributed by atoms with Crippen LogP contribution in [0.4, 0.5) is 4.39 Å². The van der Waals surface area contributed by atoms with Crippen molar-refractivity contribution in [3.63, 3.8) is 0 Å². The molecule has 8 heteroatoms. The highest BCUT2D eigenvalue weighted by atomic mass is 19.1. The number of carboxylic acid groups (broad SMARTS) is 1. The van der Waals surface area contributed by atoms with Crippen molar-refractivity contribution in [3.8, 4) is 0 Å². The second-order valence-electron chi connectivity index (χ2n) is 14.4. The van der Waals surface area contributed by atoms with Gasteiger partial charge in [0.15, 0.2) is 0 Å². The first-order valence-electron chi connectivity index (χ1n) is 16.0. The van der Waals surface area contributed by atoms with Crippen LogP contribution in [0.3, 0.4) is 0 Å². The van der Waals surface area contributed by atoms with Crippen LogP contribution in [-0.4, -0.2) is 45.7 Å². The SMILES string of the molecule is C.CCC(C)(C)C1CCC2(CC1)N=C(c1ccc(F)cc1)C(=O)N2[C@H](CCC(C)(C)C)c1ccc(C(=O)NCCC(=O)O)cc1. The first kappa shape index (κ1) is 35.9. The predicted molar refractivity (Wildman–Crippen MR) is 178 cm³/mol. The van der Waals surface area contributed by atoms with Crippen LogP contribution in [0.5, 0.6) is 0 Å². The number of carboxylic acids is 1. The number of carbonyl (C=O) groups excluding carboxylic acids is 2. The monoisotopic (exact) mass is 621 g/mol. The van der Waals surface area contributed by atoms with E-state index in [0.717, 1.165) is 50.5 Å². The molecule has 0 aromatic heterocycles. The van der Waals surface area contributed by atoms with E-state index >= 15 is 0 Å². The predicted octanol–water partition coefficient (Wildman–Crippen LogP) is 8.19. The molecule has 1 heterocycles. The van der Waals surface area contributed by atoms with Crippen molar-refractivity contribution in [2.24, 2.45) is 21.7 Å². The lowest BCUT2D eigenvalue weighted by Gasteiger charge is -2.48. The zero-order valence-corrected chi connectivity index (χ0v) is 27.1. The van der Waals surface area contributed by atoms with Crippen LogP contribution in [0, 0.1) is 22.6 Å². The van der Waals surface area contributed by atoms with E-state index in [9.17, 15) is 18.8 Å². The number of hydrogen-bond acceptors (Lipinski definition) is 4. The summed E-state index contributed by atoms with van der Waals surface area (Å²) in [6.07, 6.45) is 5.97. The Morgan fingerprint density at radius 3 is 2.18 bits per heavy atom. The lowest BCUT2D eigenvalue weighted by atomic mass is 9.67. The summed E-state index contributed by atoms with van der Waals surface area (Å²) in [4.78, 5) is 45.2. The maximum Gasteiger partial charge on any atom is 0.305 e. The van der Waals surface area contributed by atoms with Gasteiger partial charge in [0.25, 0.3) is 11.8 Å². The van der Waals surface area contributed by atoms with Crippen molar-refractivity contribution in [1.82, 2.24) is 10.2 Å². The van der Waals surface area contributed by atoms with Gasteiger partial charge >= 0.3 is 5.97 Å². The zero-order chi connectivity index (χ0) is 32.3. The molecule has 1 aliphatic heterocycles. The Hall–Kier alpha value is -3.55. The highest BCUT2D eigenvalue weighted by Gasteiger charge is 2.53. The van der Waals surface area contributed by atoms with Crippen LogP contribution in [0.15, 0.2) is 53.5 Å². The largest absolute Gasteiger partial charge is 0.481 e. The smallest absolute Gasteiger partial charge is 0.305 e. The van der Waals surface area contributed by atoms with Gasteiger partial charge < -0.3 is 15.3 Å². The molecule has 246 valence electrons. The Bertz CT molecular complexity index is 1370. The van der Waals surface area contributed by atoms with E-state index in [0.29, 0.717) is 22.8 Å². The van der Waals surface area contributed by atoms with Gasteiger partial charge in [-0.25, -0.2) is 4.39 Å². The Morgan fingerprint density at radius 1 is 1.04 bits per heavy atom. The summed E-state index contributed by atoms with van der Waals surface area (Å²) in [5.74, 6) is -1.27. The number of carbonyl (C=O) groups is 3. The highest BCUT2D eigenvalue weighted by molar-refractivity contribution is 6.46. The molecule has 7 nitrogen and oxygen atoms in total. The number of nitrogens with zero attached hydrogens (tertiary/aromatic N) is 2. The van der Waals surface area contributed by atoms with Crippen molar-refractivity contribution in [2.45, 2.75) is 112 Å². The van der Waals surface area contributed by atoms with Gasteiger partial charge in [-0.05, 0) is 97.2 Å². The van der Waals surface area contributed by atoms with Crippen molar-refractivity contribution in [3.05, 3.63) is 71.0 Å². The summed E-state index contributed by atoms with van der Waals surface area (Å²) in [6, 6.07) is 13.0. The second-order valence-corrected chi connectivity index (χ2v) is 14.4. The topological polar surface area (TPSA) is 99.1 Å². The summed E-state index contributed by atoms with van der Waals surface area (Å²) in [6.45, 7) is 13.5. The van der Waals surface area contributed by atoms with Gasteiger partial charge in [0.05, 0.1) is 12.5 Å². The minimum Gasteiger partial charge on any atom is -0.481 e. The molecule has 2 amide bonds. The first-order valence-corrected chi connectivity index (χ1v) is 16.0. The lowest BCUT2D eigenvalue weighted by Crippen LogP contribution is -2.51. The number of halogens is 1. The summed E-state index contributed by atoms with van der Waals surface area (Å²) in [5.41, 5.74) is 1.89. The molecule has 0 saturated heterocycles. The molecule has 1 spiro atoms. The van der Waals surface area contributed by atoms with Crippen LogP contribution in [0.25, 0.3) is 0 Å². The third kappa shape index (κ3) is 8.39. The average Bonchev–Trinajstić information content (AvgIpc) is 3.24. The van der Waals surface area contributed by atoms with Gasteiger partial charge in [-0.3, -0.25) is 19.4 Å². The van der Waals surface area contributed by atoms with Crippen molar-refractivity contribution in [1.29, 1.82) is 0 Å². The maximum atomic E-state index is 14.5. The second kappa shape index (κ2) is 14.3. The van der Waals surface area contributed by atoms with E-state index in [-0.39, 0.29) is 54.9 Å². The molecule has 1 atom stereocenters. The summed E-state index contributed by atoms with van der Waals surface area (Å²) in [5, 5.41) is 11.5. The Labute approximate surface area is 268 Å². The van der Waals surface area contributed by atoms with Gasteiger partial charge in [-0.15, -0.1) is 0 Å². The van der Waals surface area contributed by atoms with E-state index in [2.05, 4.69) is 46.9 Å². The van der Waals surface area contributed by atoms with Crippen LogP contribution in [-0.2, 0) is 9.59 Å². The average molecular weight is 622 g/mol. The van der Waals surface area contributed by atoms with Gasteiger partial charge in [-0.1, -0.05) is 67.5 Å². The fraction of sp³-hybridized carbons (Fsp3) is 0.568. The molecule has 2 aromatic rings. The number of aliphatic imine (C=N–C) groups is 1. The van der Waals surface area contributed by atoms with E-state index in [1.807, 2.05) is 17.0 Å². The fourth-order valence-corrected chi connectivity index (χ4v) is 6.60. The standard InChI is InChI=1S/C36H48FN3O4.CH4/c1-7-35(5,6)27-16-21-36(22-17-27)39-31(25-12-14-28(37)15-13-25)33(44)40(36)29(18-20-34(2,3)4)24-8-10-26(11-9-24)32(43)38-23-19-30(41)42;/h8-15,27,29H,7,16-23H2,1-6H3,(H,38,43)(H,41,42);1H4/t27?,29-,36?;/m1./s1. The Balaban J connectivity index is 0.00000552. The van der Waals surface area contributed by atoms with E-state index in [4.69, 9.17) is 10.1 Å². The Morgan fingerprint density at radius 2 is 1.64 bits per heavy atom. The number of rotatable bonds is 11. The van der Waals surface area contributed by atoms with Crippen LogP contribution >= 0.6 is 0 Å². The lowest BCUT2D eigenvalue weighted by molar-refractivity contribution is -0.137. The number of nitrogens with one attached hydrogen (secondary N) is 1. The minimum absolute atomic E-state index is 0. The van der Waals surface area contributed by atoms with Crippen LogP contribution in [0.2, 0.25) is 0 Å². The van der Waals surface area contributed by atoms with Crippen molar-refractivity contribution in [2.75, 3.05) is 6.54 Å². The van der Waals surface area contributed by atoms with Gasteiger partial charge in [0.1, 0.15) is 17.2 Å². The van der Waals surface area contributed by atoms with Gasteiger partial charge in [-0.2, -0.15) is 0 Å². The fourth-order valence-electron chi connectivity index (χ4n) is 6.60. The Kier molecular flexibility index (Phi) is 11.4. The molecule has 45 heavy (non-hydrogen) atoms. The molecule has 2 aliphatic rings. The molecule has 4 rings (SSSR count). The van der Waals surface area contributed by atoms with Crippen LogP contribution < -0.4 is 5.32 Å². The highest BCUT2D eigenvalue weighted by Crippen LogP contribution is 2.51. The molecular formula is C37H52FN3O4. The number of aliphatic carboxylic acids is 1. The third-order valence-corrected chi connectivity index (χ3v) is 9.77.